The average molecular weight is 204 g/mol. The Hall–Kier alpha value is -1.31. The molecule has 1 aliphatic rings. The van der Waals surface area contributed by atoms with Gasteiger partial charge in [0.25, 0.3) is 0 Å². The van der Waals surface area contributed by atoms with Crippen LogP contribution in [-0.2, 0) is 11.2 Å². The lowest BCUT2D eigenvalue weighted by Gasteiger charge is -2.10. The van der Waals surface area contributed by atoms with E-state index in [9.17, 15) is 4.79 Å². The minimum absolute atomic E-state index is 0.387. The average Bonchev–Trinajstić information content (AvgIpc) is 2.98. The molecule has 2 rings (SSSR count). The topological polar surface area (TPSA) is 37.3 Å². The normalized spacial score (nSPS) is 17.4. The van der Waals surface area contributed by atoms with Gasteiger partial charge < -0.3 is 5.11 Å². The van der Waals surface area contributed by atoms with Gasteiger partial charge in [-0.1, -0.05) is 24.3 Å². The highest BCUT2D eigenvalue weighted by atomic mass is 16.4. The molecule has 1 saturated carbocycles. The molecule has 1 fully saturated rings. The summed E-state index contributed by atoms with van der Waals surface area (Å²) in [6, 6.07) is 8.20. The van der Waals surface area contributed by atoms with Gasteiger partial charge in [-0.2, -0.15) is 0 Å². The Morgan fingerprint density at radius 1 is 1.40 bits per heavy atom. The summed E-state index contributed by atoms with van der Waals surface area (Å²) >= 11 is 0. The van der Waals surface area contributed by atoms with Crippen molar-refractivity contribution in [2.75, 3.05) is 0 Å². The number of aryl methyl sites for hydroxylation is 2. The van der Waals surface area contributed by atoms with E-state index in [1.54, 1.807) is 0 Å². The number of carboxylic acid groups (broad SMARTS) is 1. The highest BCUT2D eigenvalue weighted by molar-refractivity contribution is 5.77. The third-order valence-electron chi connectivity index (χ3n) is 3.44. The van der Waals surface area contributed by atoms with Gasteiger partial charge in [0.15, 0.2) is 0 Å². The zero-order valence-corrected chi connectivity index (χ0v) is 8.99. The van der Waals surface area contributed by atoms with Gasteiger partial charge in [0.1, 0.15) is 0 Å². The molecule has 0 aromatic heterocycles. The fourth-order valence-electron chi connectivity index (χ4n) is 1.99. The van der Waals surface area contributed by atoms with Gasteiger partial charge in [-0.15, -0.1) is 0 Å². The summed E-state index contributed by atoms with van der Waals surface area (Å²) in [5.74, 6) is -0.615. The number of carbonyl (C=O) groups is 1. The van der Waals surface area contributed by atoms with Crippen LogP contribution in [0.5, 0.6) is 0 Å². The van der Waals surface area contributed by atoms with Gasteiger partial charge in [-0.25, -0.2) is 0 Å². The Morgan fingerprint density at radius 2 is 2.07 bits per heavy atom. The third kappa shape index (κ3) is 2.04. The summed E-state index contributed by atoms with van der Waals surface area (Å²) in [4.78, 5) is 11.0. The van der Waals surface area contributed by atoms with E-state index in [1.807, 2.05) is 12.1 Å². The van der Waals surface area contributed by atoms with E-state index >= 15 is 0 Å². The zero-order chi connectivity index (χ0) is 10.9. The monoisotopic (exact) mass is 204 g/mol. The van der Waals surface area contributed by atoms with E-state index in [4.69, 9.17) is 5.11 Å². The first-order valence-corrected chi connectivity index (χ1v) is 5.42. The Kier molecular flexibility index (Phi) is 2.51. The lowest BCUT2D eigenvalue weighted by atomic mass is 9.95. The molecule has 1 N–H and O–H groups in total. The largest absolute Gasteiger partial charge is 0.481 e. The van der Waals surface area contributed by atoms with Crippen LogP contribution in [0.2, 0.25) is 0 Å². The fraction of sp³-hybridized carbons (Fsp3) is 0.462. The molecule has 0 atom stereocenters. The Labute approximate surface area is 89.9 Å². The number of benzene rings is 1. The quantitative estimate of drug-likeness (QED) is 0.818. The molecule has 0 bridgehead atoms. The number of carboxylic acids is 1. The van der Waals surface area contributed by atoms with Gasteiger partial charge in [-0.3, -0.25) is 4.79 Å². The third-order valence-corrected chi connectivity index (χ3v) is 3.44. The molecule has 0 saturated heterocycles. The Bertz CT molecular complexity index is 378. The van der Waals surface area contributed by atoms with E-state index < -0.39 is 5.97 Å². The van der Waals surface area contributed by atoms with Crippen LogP contribution >= 0.6 is 0 Å². The van der Waals surface area contributed by atoms with Crippen molar-refractivity contribution in [3.05, 3.63) is 35.4 Å². The summed E-state index contributed by atoms with van der Waals surface area (Å²) in [5.41, 5.74) is 2.16. The highest BCUT2D eigenvalue weighted by Gasteiger charge is 2.49. The molecule has 1 aromatic rings. The number of aliphatic carboxylic acids is 1. The minimum atomic E-state index is -0.615. The number of hydrogen-bond donors (Lipinski definition) is 1. The Balaban J connectivity index is 2.00. The molecular formula is C13H16O2. The van der Waals surface area contributed by atoms with Crippen LogP contribution in [-0.4, -0.2) is 11.1 Å². The molecule has 15 heavy (non-hydrogen) atoms. The van der Waals surface area contributed by atoms with E-state index in [0.717, 1.165) is 25.7 Å². The van der Waals surface area contributed by atoms with E-state index in [-0.39, 0.29) is 5.41 Å². The predicted octanol–water partition coefficient (Wildman–Crippen LogP) is 2.79. The van der Waals surface area contributed by atoms with Crippen LogP contribution in [0.15, 0.2) is 24.3 Å². The van der Waals surface area contributed by atoms with Gasteiger partial charge in [0, 0.05) is 0 Å². The van der Waals surface area contributed by atoms with Crippen molar-refractivity contribution in [3.8, 4) is 0 Å². The van der Waals surface area contributed by atoms with E-state index in [1.165, 1.54) is 11.1 Å². The molecule has 2 nitrogen and oxygen atoms in total. The maximum Gasteiger partial charge on any atom is 0.309 e. The molecule has 0 heterocycles. The molecule has 0 spiro atoms. The van der Waals surface area contributed by atoms with Crippen LogP contribution < -0.4 is 0 Å². The van der Waals surface area contributed by atoms with Crippen molar-refractivity contribution in [2.45, 2.75) is 32.6 Å². The van der Waals surface area contributed by atoms with Gasteiger partial charge in [-0.05, 0) is 43.7 Å². The van der Waals surface area contributed by atoms with Gasteiger partial charge >= 0.3 is 5.97 Å². The van der Waals surface area contributed by atoms with Crippen LogP contribution in [0, 0.1) is 12.3 Å². The van der Waals surface area contributed by atoms with Gasteiger partial charge in [0.05, 0.1) is 5.41 Å². The van der Waals surface area contributed by atoms with Crippen molar-refractivity contribution in [1.29, 1.82) is 0 Å². The van der Waals surface area contributed by atoms with Crippen LogP contribution in [0.1, 0.15) is 30.4 Å². The van der Waals surface area contributed by atoms with Crippen molar-refractivity contribution in [1.82, 2.24) is 0 Å². The first kappa shape index (κ1) is 10.2. The standard InChI is InChI=1S/C13H16O2/c1-10-4-2-3-5-11(10)6-7-13(8-9-13)12(14)15/h2-5H,6-9H2,1H3,(H,14,15). The molecule has 80 valence electrons. The molecule has 0 unspecified atom stereocenters. The molecule has 0 radical (unpaired) electrons. The lowest BCUT2D eigenvalue weighted by Crippen LogP contribution is -2.15. The van der Waals surface area contributed by atoms with Crippen LogP contribution in [0.4, 0.5) is 0 Å². The molecule has 2 heteroatoms. The number of hydrogen-bond acceptors (Lipinski definition) is 1. The zero-order valence-electron chi connectivity index (χ0n) is 8.99. The fourth-order valence-corrected chi connectivity index (χ4v) is 1.99. The van der Waals surface area contributed by atoms with E-state index in [0.29, 0.717) is 0 Å². The maximum absolute atomic E-state index is 11.0. The Morgan fingerprint density at radius 3 is 2.60 bits per heavy atom. The number of rotatable bonds is 4. The predicted molar refractivity (Wildman–Crippen MR) is 58.8 cm³/mol. The first-order chi connectivity index (χ1) is 7.14. The summed E-state index contributed by atoms with van der Waals surface area (Å²) in [5, 5.41) is 9.05. The molecular weight excluding hydrogens is 188 g/mol. The summed E-state index contributed by atoms with van der Waals surface area (Å²) < 4.78 is 0. The van der Waals surface area contributed by atoms with Crippen molar-refractivity contribution in [3.63, 3.8) is 0 Å². The summed E-state index contributed by atoms with van der Waals surface area (Å²) in [6.45, 7) is 2.08. The summed E-state index contributed by atoms with van der Waals surface area (Å²) in [7, 11) is 0. The molecule has 1 aliphatic carbocycles. The second-order valence-electron chi connectivity index (χ2n) is 4.51. The molecule has 1 aromatic carbocycles. The second-order valence-corrected chi connectivity index (χ2v) is 4.51. The first-order valence-electron chi connectivity index (χ1n) is 5.42. The molecule has 0 aliphatic heterocycles. The second kappa shape index (κ2) is 3.69. The molecule has 0 amide bonds. The minimum Gasteiger partial charge on any atom is -0.481 e. The lowest BCUT2D eigenvalue weighted by molar-refractivity contribution is -0.143. The van der Waals surface area contributed by atoms with Crippen molar-refractivity contribution in [2.24, 2.45) is 5.41 Å². The van der Waals surface area contributed by atoms with E-state index in [2.05, 4.69) is 19.1 Å². The smallest absolute Gasteiger partial charge is 0.309 e. The summed E-state index contributed by atoms with van der Waals surface area (Å²) in [6.07, 6.45) is 3.38. The SMILES string of the molecule is Cc1ccccc1CCC1(C(=O)O)CC1. The van der Waals surface area contributed by atoms with Crippen molar-refractivity contribution < 1.29 is 9.90 Å². The highest BCUT2D eigenvalue weighted by Crippen LogP contribution is 2.49. The van der Waals surface area contributed by atoms with Crippen molar-refractivity contribution >= 4 is 5.97 Å². The van der Waals surface area contributed by atoms with Gasteiger partial charge in [0.2, 0.25) is 0 Å². The van der Waals surface area contributed by atoms with Crippen LogP contribution in [0.25, 0.3) is 0 Å². The maximum atomic E-state index is 11.0. The van der Waals surface area contributed by atoms with Crippen LogP contribution in [0.3, 0.4) is 0 Å².